The standard InChI is InChI=1S/C15H16BrN3O2/c1-3-18-14-9-11(6-7-21-2)17-19(14)13-8-10(16)4-5-12(13)15(18)20/h4-5,8-9H,3,6-7H2,1-2H3. The average molecular weight is 350 g/mol. The molecule has 0 bridgehead atoms. The average Bonchev–Trinajstić information content (AvgIpc) is 2.89. The van der Waals surface area contributed by atoms with Crippen LogP contribution in [0.2, 0.25) is 0 Å². The topological polar surface area (TPSA) is 48.5 Å². The third-order valence-electron chi connectivity index (χ3n) is 3.56. The van der Waals surface area contributed by atoms with Crippen molar-refractivity contribution in [2.45, 2.75) is 19.9 Å². The molecule has 0 unspecified atom stereocenters. The fraction of sp³-hybridized carbons (Fsp3) is 0.333. The third-order valence-corrected chi connectivity index (χ3v) is 4.05. The molecule has 3 aromatic rings. The summed E-state index contributed by atoms with van der Waals surface area (Å²) in [7, 11) is 1.67. The minimum absolute atomic E-state index is 0.0192. The molecule has 0 radical (unpaired) electrons. The third kappa shape index (κ3) is 2.38. The van der Waals surface area contributed by atoms with Crippen LogP contribution >= 0.6 is 15.9 Å². The van der Waals surface area contributed by atoms with Gasteiger partial charge in [0.2, 0.25) is 0 Å². The highest BCUT2D eigenvalue weighted by atomic mass is 79.9. The molecule has 0 fully saturated rings. The van der Waals surface area contributed by atoms with E-state index in [1.54, 1.807) is 11.7 Å². The monoisotopic (exact) mass is 349 g/mol. The molecule has 0 atom stereocenters. The maximum Gasteiger partial charge on any atom is 0.261 e. The molecule has 6 heteroatoms. The zero-order chi connectivity index (χ0) is 15.0. The number of benzene rings is 1. The second-order valence-corrected chi connectivity index (χ2v) is 5.78. The summed E-state index contributed by atoms with van der Waals surface area (Å²) in [5, 5.41) is 5.30. The van der Waals surface area contributed by atoms with Crippen molar-refractivity contribution in [3.05, 3.63) is 44.8 Å². The highest BCUT2D eigenvalue weighted by Crippen LogP contribution is 2.19. The normalized spacial score (nSPS) is 11.6. The molecule has 0 spiro atoms. The summed E-state index contributed by atoms with van der Waals surface area (Å²) < 4.78 is 9.63. The van der Waals surface area contributed by atoms with Crippen LogP contribution in [0.4, 0.5) is 0 Å². The van der Waals surface area contributed by atoms with Crippen LogP contribution < -0.4 is 5.56 Å². The van der Waals surface area contributed by atoms with Crippen molar-refractivity contribution < 1.29 is 4.74 Å². The molecule has 0 aliphatic heterocycles. The number of aryl methyl sites for hydroxylation is 1. The Labute approximate surface area is 130 Å². The van der Waals surface area contributed by atoms with E-state index in [1.807, 2.05) is 35.7 Å². The maximum atomic E-state index is 12.6. The molecule has 2 heterocycles. The summed E-state index contributed by atoms with van der Waals surface area (Å²) >= 11 is 3.46. The van der Waals surface area contributed by atoms with Gasteiger partial charge in [0.1, 0.15) is 5.65 Å². The number of nitrogens with zero attached hydrogens (tertiary/aromatic N) is 3. The van der Waals surface area contributed by atoms with Gasteiger partial charge in [-0.3, -0.25) is 9.36 Å². The first-order valence-electron chi connectivity index (χ1n) is 6.85. The van der Waals surface area contributed by atoms with Gasteiger partial charge in [0.25, 0.3) is 5.56 Å². The number of fused-ring (bicyclic) bond motifs is 3. The minimum atomic E-state index is 0.0192. The molecule has 0 amide bonds. The Morgan fingerprint density at radius 1 is 1.33 bits per heavy atom. The Hall–Kier alpha value is -1.66. The van der Waals surface area contributed by atoms with Gasteiger partial charge in [-0.15, -0.1) is 0 Å². The van der Waals surface area contributed by atoms with Crippen molar-refractivity contribution in [3.63, 3.8) is 0 Å². The van der Waals surface area contributed by atoms with Gasteiger partial charge >= 0.3 is 0 Å². The molecular weight excluding hydrogens is 334 g/mol. The van der Waals surface area contributed by atoms with Crippen molar-refractivity contribution >= 4 is 32.5 Å². The Kier molecular flexibility index (Phi) is 3.82. The van der Waals surface area contributed by atoms with E-state index in [0.29, 0.717) is 18.5 Å². The van der Waals surface area contributed by atoms with E-state index in [2.05, 4.69) is 21.0 Å². The number of aromatic nitrogens is 3. The quantitative estimate of drug-likeness (QED) is 0.727. The predicted octanol–water partition coefficient (Wildman–Crippen LogP) is 2.62. The van der Waals surface area contributed by atoms with Crippen LogP contribution in [0.15, 0.2) is 33.5 Å². The highest BCUT2D eigenvalue weighted by Gasteiger charge is 2.13. The summed E-state index contributed by atoms with van der Waals surface area (Å²) in [5.74, 6) is 0. The fourth-order valence-corrected chi connectivity index (χ4v) is 2.88. The van der Waals surface area contributed by atoms with Gasteiger partial charge in [-0.05, 0) is 25.1 Å². The van der Waals surface area contributed by atoms with Crippen molar-refractivity contribution in [1.82, 2.24) is 14.2 Å². The zero-order valence-corrected chi connectivity index (χ0v) is 13.6. The number of ether oxygens (including phenoxy) is 1. The van der Waals surface area contributed by atoms with E-state index in [9.17, 15) is 4.79 Å². The molecule has 1 aromatic carbocycles. The molecular formula is C15H16BrN3O2. The van der Waals surface area contributed by atoms with Crippen molar-refractivity contribution in [1.29, 1.82) is 0 Å². The minimum Gasteiger partial charge on any atom is -0.384 e. The Morgan fingerprint density at radius 2 is 2.14 bits per heavy atom. The van der Waals surface area contributed by atoms with Gasteiger partial charge in [0.05, 0.1) is 23.2 Å². The Balaban J connectivity index is 2.37. The molecule has 0 saturated carbocycles. The molecule has 5 nitrogen and oxygen atoms in total. The smallest absolute Gasteiger partial charge is 0.261 e. The molecule has 0 N–H and O–H groups in total. The van der Waals surface area contributed by atoms with Crippen LogP contribution in [-0.2, 0) is 17.7 Å². The van der Waals surface area contributed by atoms with Gasteiger partial charge < -0.3 is 4.74 Å². The lowest BCUT2D eigenvalue weighted by molar-refractivity contribution is 0.201. The summed E-state index contributed by atoms with van der Waals surface area (Å²) in [6, 6.07) is 7.61. The largest absolute Gasteiger partial charge is 0.384 e. The summed E-state index contributed by atoms with van der Waals surface area (Å²) in [6.07, 6.45) is 0.728. The summed E-state index contributed by atoms with van der Waals surface area (Å²) in [6.45, 7) is 3.19. The molecule has 110 valence electrons. The molecule has 2 aromatic heterocycles. The molecule has 21 heavy (non-hydrogen) atoms. The number of halogens is 1. The maximum absolute atomic E-state index is 12.6. The van der Waals surface area contributed by atoms with E-state index in [-0.39, 0.29) is 5.56 Å². The molecule has 0 aliphatic rings. The predicted molar refractivity (Wildman–Crippen MR) is 85.9 cm³/mol. The first-order chi connectivity index (χ1) is 10.2. The van der Waals surface area contributed by atoms with E-state index in [4.69, 9.17) is 4.74 Å². The first kappa shape index (κ1) is 14.3. The van der Waals surface area contributed by atoms with Gasteiger partial charge in [-0.25, -0.2) is 4.52 Å². The van der Waals surface area contributed by atoms with Gasteiger partial charge in [0, 0.05) is 30.6 Å². The van der Waals surface area contributed by atoms with Crippen LogP contribution in [0, 0.1) is 0 Å². The van der Waals surface area contributed by atoms with Crippen LogP contribution in [-0.4, -0.2) is 27.9 Å². The van der Waals surface area contributed by atoms with Crippen molar-refractivity contribution in [2.24, 2.45) is 0 Å². The Morgan fingerprint density at radius 3 is 2.86 bits per heavy atom. The van der Waals surface area contributed by atoms with E-state index >= 15 is 0 Å². The van der Waals surface area contributed by atoms with Crippen LogP contribution in [0.1, 0.15) is 12.6 Å². The summed E-state index contributed by atoms with van der Waals surface area (Å²) in [4.78, 5) is 12.6. The molecule has 0 aliphatic carbocycles. The summed E-state index contributed by atoms with van der Waals surface area (Å²) in [5.41, 5.74) is 2.58. The van der Waals surface area contributed by atoms with Gasteiger partial charge in [0.15, 0.2) is 0 Å². The highest BCUT2D eigenvalue weighted by molar-refractivity contribution is 9.10. The van der Waals surface area contributed by atoms with Gasteiger partial charge in [-0.2, -0.15) is 5.10 Å². The first-order valence-corrected chi connectivity index (χ1v) is 7.64. The second-order valence-electron chi connectivity index (χ2n) is 4.86. The Bertz CT molecular complexity index is 867. The zero-order valence-electron chi connectivity index (χ0n) is 12.0. The lowest BCUT2D eigenvalue weighted by atomic mass is 10.2. The lowest BCUT2D eigenvalue weighted by Gasteiger charge is -2.08. The number of methoxy groups -OCH3 is 1. The lowest BCUT2D eigenvalue weighted by Crippen LogP contribution is -2.22. The number of rotatable bonds is 4. The van der Waals surface area contributed by atoms with E-state index < -0.39 is 0 Å². The van der Waals surface area contributed by atoms with Crippen molar-refractivity contribution in [3.8, 4) is 0 Å². The van der Waals surface area contributed by atoms with E-state index in [0.717, 1.165) is 27.8 Å². The SMILES string of the molecule is CCn1c(=O)c2ccc(Br)cc2n2nc(CCOC)cc12. The van der Waals surface area contributed by atoms with Gasteiger partial charge in [-0.1, -0.05) is 15.9 Å². The van der Waals surface area contributed by atoms with Crippen molar-refractivity contribution in [2.75, 3.05) is 13.7 Å². The van der Waals surface area contributed by atoms with Crippen LogP contribution in [0.3, 0.4) is 0 Å². The number of hydrogen-bond donors (Lipinski definition) is 0. The molecule has 0 saturated heterocycles. The second kappa shape index (κ2) is 5.61. The van der Waals surface area contributed by atoms with Crippen LogP contribution in [0.5, 0.6) is 0 Å². The fourth-order valence-electron chi connectivity index (χ4n) is 2.53. The van der Waals surface area contributed by atoms with Crippen LogP contribution in [0.25, 0.3) is 16.6 Å². The molecule has 3 rings (SSSR count). The number of hydrogen-bond acceptors (Lipinski definition) is 3. The van der Waals surface area contributed by atoms with E-state index in [1.165, 1.54) is 0 Å².